The van der Waals surface area contributed by atoms with Gasteiger partial charge in [-0.2, -0.15) is 0 Å². The van der Waals surface area contributed by atoms with Gasteiger partial charge in [0.05, 0.1) is 13.7 Å². The molecule has 3 rings (SSSR count). The van der Waals surface area contributed by atoms with Gasteiger partial charge in [0.1, 0.15) is 5.75 Å². The Morgan fingerprint density at radius 3 is 2.08 bits per heavy atom. The van der Waals surface area contributed by atoms with Crippen LogP contribution in [-0.2, 0) is 6.54 Å². The molecule has 3 aromatic carbocycles. The topological polar surface area (TPSA) is 24.5 Å². The lowest BCUT2D eigenvalue weighted by Crippen LogP contribution is -2.34. The molecule has 0 saturated carbocycles. The van der Waals surface area contributed by atoms with Crippen LogP contribution in [0.5, 0.6) is 5.75 Å². The number of nitrogens with one attached hydrogen (secondary N) is 1. The maximum absolute atomic E-state index is 5.68. The summed E-state index contributed by atoms with van der Waals surface area (Å²) in [4.78, 5) is 2.09. The van der Waals surface area contributed by atoms with Crippen LogP contribution in [0.2, 0.25) is 0 Å². The molecule has 0 aromatic heterocycles. The molecule has 0 heterocycles. The summed E-state index contributed by atoms with van der Waals surface area (Å²) in [5, 5.41) is 3.97. The number of rotatable bonds is 5. The second kappa shape index (κ2) is 8.31. The van der Waals surface area contributed by atoms with Crippen molar-refractivity contribution < 1.29 is 4.74 Å². The number of nitrogens with zero attached hydrogens (tertiary/aromatic N) is 1. The van der Waals surface area contributed by atoms with Crippen molar-refractivity contribution in [2.75, 3.05) is 17.3 Å². The largest absolute Gasteiger partial charge is 0.497 e. The standard InChI is InChI=1S/C21H20N2OS/c1-24-20-14-12-18(13-15-20)22-21(25)23(19-10-6-3-7-11-19)16-17-8-4-2-5-9-17/h2-15H,16H2,1H3,(H,22,25). The third-order valence-corrected chi connectivity index (χ3v) is 4.16. The highest BCUT2D eigenvalue weighted by molar-refractivity contribution is 7.80. The quantitative estimate of drug-likeness (QED) is 0.649. The van der Waals surface area contributed by atoms with Crippen LogP contribution < -0.4 is 15.0 Å². The number of benzene rings is 3. The van der Waals surface area contributed by atoms with Crippen molar-refractivity contribution in [2.24, 2.45) is 0 Å². The van der Waals surface area contributed by atoms with Gasteiger partial charge in [0.2, 0.25) is 0 Å². The highest BCUT2D eigenvalue weighted by Crippen LogP contribution is 2.20. The molecule has 0 aliphatic heterocycles. The second-order valence-electron chi connectivity index (χ2n) is 5.57. The van der Waals surface area contributed by atoms with E-state index in [1.807, 2.05) is 60.7 Å². The van der Waals surface area contributed by atoms with Crippen molar-refractivity contribution >= 4 is 28.7 Å². The summed E-state index contributed by atoms with van der Waals surface area (Å²) in [6.07, 6.45) is 0. The molecule has 3 aromatic rings. The monoisotopic (exact) mass is 348 g/mol. The van der Waals surface area contributed by atoms with Crippen LogP contribution in [-0.4, -0.2) is 12.2 Å². The summed E-state index contributed by atoms with van der Waals surface area (Å²) >= 11 is 5.68. The molecule has 3 nitrogen and oxygen atoms in total. The van der Waals surface area contributed by atoms with E-state index < -0.39 is 0 Å². The summed E-state index contributed by atoms with van der Waals surface area (Å²) in [5.41, 5.74) is 3.18. The van der Waals surface area contributed by atoms with E-state index in [1.54, 1.807) is 7.11 Å². The lowest BCUT2D eigenvalue weighted by Gasteiger charge is -2.26. The van der Waals surface area contributed by atoms with E-state index in [9.17, 15) is 0 Å². The number of ether oxygens (including phenoxy) is 1. The van der Waals surface area contributed by atoms with Gasteiger partial charge in [0.15, 0.2) is 5.11 Å². The van der Waals surface area contributed by atoms with Gasteiger partial charge in [0.25, 0.3) is 0 Å². The van der Waals surface area contributed by atoms with Crippen molar-refractivity contribution in [3.8, 4) is 5.75 Å². The van der Waals surface area contributed by atoms with Crippen LogP contribution in [0.4, 0.5) is 11.4 Å². The van der Waals surface area contributed by atoms with Crippen LogP contribution in [0.3, 0.4) is 0 Å². The van der Waals surface area contributed by atoms with Crippen molar-refractivity contribution in [1.82, 2.24) is 0 Å². The Morgan fingerprint density at radius 1 is 0.880 bits per heavy atom. The van der Waals surface area contributed by atoms with Crippen molar-refractivity contribution in [2.45, 2.75) is 6.54 Å². The predicted octanol–water partition coefficient (Wildman–Crippen LogP) is 5.10. The summed E-state index contributed by atoms with van der Waals surface area (Å²) in [7, 11) is 1.66. The first-order valence-corrected chi connectivity index (χ1v) is 8.48. The lowest BCUT2D eigenvalue weighted by molar-refractivity contribution is 0.415. The summed E-state index contributed by atoms with van der Waals surface area (Å²) in [6.45, 7) is 0.701. The Hall–Kier alpha value is -2.85. The number of anilines is 2. The molecule has 0 aliphatic carbocycles. The molecular formula is C21H20N2OS. The molecule has 0 saturated heterocycles. The first kappa shape index (κ1) is 17.0. The minimum atomic E-state index is 0.653. The number of methoxy groups -OCH3 is 1. The average molecular weight is 348 g/mol. The Kier molecular flexibility index (Phi) is 5.65. The van der Waals surface area contributed by atoms with Gasteiger partial charge in [0, 0.05) is 11.4 Å². The van der Waals surface area contributed by atoms with E-state index in [0.717, 1.165) is 17.1 Å². The Balaban J connectivity index is 1.81. The fourth-order valence-corrected chi connectivity index (χ4v) is 2.81. The third kappa shape index (κ3) is 4.58. The SMILES string of the molecule is COc1ccc(NC(=S)N(Cc2ccccc2)c2ccccc2)cc1. The van der Waals surface area contributed by atoms with E-state index in [-0.39, 0.29) is 0 Å². The van der Waals surface area contributed by atoms with Crippen LogP contribution in [0.15, 0.2) is 84.9 Å². The molecule has 0 bridgehead atoms. The van der Waals surface area contributed by atoms with Gasteiger partial charge in [-0.05, 0) is 54.2 Å². The molecule has 25 heavy (non-hydrogen) atoms. The Labute approximate surface area is 153 Å². The Morgan fingerprint density at radius 2 is 1.48 bits per heavy atom. The number of hydrogen-bond acceptors (Lipinski definition) is 2. The van der Waals surface area contributed by atoms with E-state index in [1.165, 1.54) is 5.56 Å². The summed E-state index contributed by atoms with van der Waals surface area (Å²) < 4.78 is 5.20. The van der Waals surface area contributed by atoms with Crippen LogP contribution in [0.25, 0.3) is 0 Å². The zero-order chi connectivity index (χ0) is 17.5. The smallest absolute Gasteiger partial charge is 0.178 e. The molecule has 126 valence electrons. The lowest BCUT2D eigenvalue weighted by atomic mass is 10.2. The van der Waals surface area contributed by atoms with Crippen molar-refractivity contribution in [3.05, 3.63) is 90.5 Å². The number of thiocarbonyl (C=S) groups is 1. The van der Waals surface area contributed by atoms with E-state index in [4.69, 9.17) is 17.0 Å². The number of hydrogen-bond donors (Lipinski definition) is 1. The second-order valence-corrected chi connectivity index (χ2v) is 5.95. The van der Waals surface area contributed by atoms with Crippen molar-refractivity contribution in [1.29, 1.82) is 0 Å². The van der Waals surface area contributed by atoms with E-state index >= 15 is 0 Å². The molecule has 0 fully saturated rings. The fraction of sp³-hybridized carbons (Fsp3) is 0.0952. The molecule has 0 spiro atoms. The Bertz CT molecular complexity index is 804. The highest BCUT2D eigenvalue weighted by atomic mass is 32.1. The molecule has 4 heteroatoms. The predicted molar refractivity (Wildman–Crippen MR) is 108 cm³/mol. The van der Waals surface area contributed by atoms with E-state index in [0.29, 0.717) is 11.7 Å². The van der Waals surface area contributed by atoms with Gasteiger partial charge < -0.3 is 15.0 Å². The maximum atomic E-state index is 5.68. The van der Waals surface area contributed by atoms with Gasteiger partial charge in [-0.15, -0.1) is 0 Å². The van der Waals surface area contributed by atoms with Crippen molar-refractivity contribution in [3.63, 3.8) is 0 Å². The molecule has 0 aliphatic rings. The maximum Gasteiger partial charge on any atom is 0.178 e. The molecule has 1 N–H and O–H groups in total. The minimum Gasteiger partial charge on any atom is -0.497 e. The molecule has 0 radical (unpaired) electrons. The molecule has 0 amide bonds. The zero-order valence-electron chi connectivity index (χ0n) is 14.1. The van der Waals surface area contributed by atoms with Crippen LogP contribution in [0, 0.1) is 0 Å². The highest BCUT2D eigenvalue weighted by Gasteiger charge is 2.13. The first-order chi connectivity index (χ1) is 12.3. The van der Waals surface area contributed by atoms with Gasteiger partial charge in [-0.1, -0.05) is 48.5 Å². The summed E-state index contributed by atoms with van der Waals surface area (Å²) in [6, 6.07) is 28.2. The van der Waals surface area contributed by atoms with Gasteiger partial charge in [-0.25, -0.2) is 0 Å². The average Bonchev–Trinajstić information content (AvgIpc) is 2.68. The van der Waals surface area contributed by atoms with E-state index in [2.05, 4.69) is 34.5 Å². The minimum absolute atomic E-state index is 0.653. The molecular weight excluding hydrogens is 328 g/mol. The molecule has 0 unspecified atom stereocenters. The normalized spacial score (nSPS) is 10.1. The van der Waals surface area contributed by atoms with Gasteiger partial charge in [-0.3, -0.25) is 0 Å². The number of para-hydroxylation sites is 1. The van der Waals surface area contributed by atoms with Crippen LogP contribution >= 0.6 is 12.2 Å². The van der Waals surface area contributed by atoms with Gasteiger partial charge >= 0.3 is 0 Å². The van der Waals surface area contributed by atoms with Crippen LogP contribution in [0.1, 0.15) is 5.56 Å². The third-order valence-electron chi connectivity index (χ3n) is 3.84. The summed E-state index contributed by atoms with van der Waals surface area (Å²) in [5.74, 6) is 0.820. The molecule has 0 atom stereocenters. The fourth-order valence-electron chi connectivity index (χ4n) is 2.52. The first-order valence-electron chi connectivity index (χ1n) is 8.08. The zero-order valence-corrected chi connectivity index (χ0v) is 14.9.